The summed E-state index contributed by atoms with van der Waals surface area (Å²) in [4.78, 5) is 16.5. The van der Waals surface area contributed by atoms with Crippen molar-refractivity contribution in [2.45, 2.75) is 65.5 Å². The zero-order chi connectivity index (χ0) is 20.8. The van der Waals surface area contributed by atoms with Crippen molar-refractivity contribution in [3.8, 4) is 0 Å². The van der Waals surface area contributed by atoms with Crippen LogP contribution in [0.25, 0.3) is 0 Å². The number of unbranched alkanes of at least 4 members (excludes halogenated alkanes) is 1. The number of carbonyl (C=O) groups excluding carboxylic acids is 1. The number of nitrogens with one attached hydrogen (secondary N) is 3. The van der Waals surface area contributed by atoms with Crippen LogP contribution in [0.2, 0.25) is 0 Å². The number of halogens is 1. The van der Waals surface area contributed by atoms with Gasteiger partial charge in [-0.25, -0.2) is 4.79 Å². The van der Waals surface area contributed by atoms with E-state index in [4.69, 9.17) is 14.2 Å². The van der Waals surface area contributed by atoms with Crippen molar-refractivity contribution < 1.29 is 19.0 Å². The summed E-state index contributed by atoms with van der Waals surface area (Å²) in [6, 6.07) is 0. The number of carbonyl (C=O) groups is 1. The molecule has 8 nitrogen and oxygen atoms in total. The Balaban J connectivity index is 0. The summed E-state index contributed by atoms with van der Waals surface area (Å²) in [5.74, 6) is 0.733. The number of aliphatic imine (C=N–C) groups is 1. The molecule has 9 heteroatoms. The van der Waals surface area contributed by atoms with Gasteiger partial charge in [0.25, 0.3) is 0 Å². The van der Waals surface area contributed by atoms with Gasteiger partial charge >= 0.3 is 6.09 Å². The van der Waals surface area contributed by atoms with Gasteiger partial charge in [-0.1, -0.05) is 0 Å². The molecule has 168 valence electrons. The van der Waals surface area contributed by atoms with Crippen LogP contribution in [0.1, 0.15) is 54.4 Å². The highest BCUT2D eigenvalue weighted by Gasteiger charge is 2.24. The van der Waals surface area contributed by atoms with E-state index >= 15 is 0 Å². The number of guanidine groups is 1. The molecule has 0 rings (SSSR count). The fraction of sp³-hybridized carbons (Fsp3) is 0.895. The van der Waals surface area contributed by atoms with Gasteiger partial charge in [0.15, 0.2) is 5.96 Å². The van der Waals surface area contributed by atoms with E-state index < -0.39 is 17.2 Å². The molecule has 0 aliphatic carbocycles. The standard InChI is InChI=1S/C19H40N4O4.HI/c1-8-20-16(21-11-9-10-12-26-14-13-25-7)22-15-19(5,6)23-17(24)27-18(2,3)4;/h8-15H2,1-7H3,(H,23,24)(H2,20,21,22);1H. The van der Waals surface area contributed by atoms with Gasteiger partial charge < -0.3 is 30.2 Å². The second-order valence-electron chi connectivity index (χ2n) is 7.94. The summed E-state index contributed by atoms with van der Waals surface area (Å²) in [6.45, 7) is 15.4. The van der Waals surface area contributed by atoms with Crippen LogP contribution in [0, 0.1) is 0 Å². The molecule has 0 aromatic rings. The van der Waals surface area contributed by atoms with Crippen LogP contribution in [-0.4, -0.2) is 69.8 Å². The Morgan fingerprint density at radius 1 is 1.00 bits per heavy atom. The fourth-order valence-electron chi connectivity index (χ4n) is 2.02. The molecule has 0 spiro atoms. The third-order valence-corrected chi connectivity index (χ3v) is 3.26. The first-order valence-electron chi connectivity index (χ1n) is 9.69. The van der Waals surface area contributed by atoms with Crippen LogP contribution in [0.5, 0.6) is 0 Å². The quantitative estimate of drug-likeness (QED) is 0.160. The van der Waals surface area contributed by atoms with Gasteiger partial charge in [-0.15, -0.1) is 24.0 Å². The Bertz CT molecular complexity index is 440. The maximum atomic E-state index is 12.0. The highest BCUT2D eigenvalue weighted by molar-refractivity contribution is 14.0. The maximum Gasteiger partial charge on any atom is 0.408 e. The minimum Gasteiger partial charge on any atom is -0.444 e. The summed E-state index contributed by atoms with van der Waals surface area (Å²) < 4.78 is 15.7. The number of hydrogen-bond acceptors (Lipinski definition) is 5. The Kier molecular flexibility index (Phi) is 16.8. The second-order valence-corrected chi connectivity index (χ2v) is 7.94. The molecule has 28 heavy (non-hydrogen) atoms. The lowest BCUT2D eigenvalue weighted by Gasteiger charge is -2.27. The normalized spacial score (nSPS) is 12.2. The summed E-state index contributed by atoms with van der Waals surface area (Å²) in [5.41, 5.74) is -1.03. The molecule has 1 amide bonds. The summed E-state index contributed by atoms with van der Waals surface area (Å²) in [5, 5.41) is 9.37. The lowest BCUT2D eigenvalue weighted by Crippen LogP contribution is -2.49. The number of hydrogen-bond donors (Lipinski definition) is 3. The average Bonchev–Trinajstić information content (AvgIpc) is 2.52. The van der Waals surface area contributed by atoms with Gasteiger partial charge in [0.2, 0.25) is 0 Å². The molecule has 0 atom stereocenters. The molecule has 0 unspecified atom stereocenters. The predicted octanol–water partition coefficient (Wildman–Crippen LogP) is 2.91. The Labute approximate surface area is 187 Å². The zero-order valence-electron chi connectivity index (χ0n) is 18.6. The monoisotopic (exact) mass is 516 g/mol. The lowest BCUT2D eigenvalue weighted by molar-refractivity contribution is 0.0476. The van der Waals surface area contributed by atoms with E-state index in [1.807, 2.05) is 41.5 Å². The van der Waals surface area contributed by atoms with Gasteiger partial charge in [0.05, 0.1) is 25.3 Å². The summed E-state index contributed by atoms with van der Waals surface area (Å²) >= 11 is 0. The van der Waals surface area contributed by atoms with Gasteiger partial charge in [-0.3, -0.25) is 4.99 Å². The number of alkyl carbamates (subject to hydrolysis) is 1. The number of amides is 1. The average molecular weight is 516 g/mol. The molecule has 0 bridgehead atoms. The number of nitrogens with zero attached hydrogens (tertiary/aromatic N) is 1. The van der Waals surface area contributed by atoms with Crippen LogP contribution in [0.3, 0.4) is 0 Å². The zero-order valence-corrected chi connectivity index (χ0v) is 21.0. The van der Waals surface area contributed by atoms with Crippen molar-refractivity contribution >= 4 is 36.0 Å². The first-order chi connectivity index (χ1) is 12.6. The van der Waals surface area contributed by atoms with E-state index in [-0.39, 0.29) is 24.0 Å². The van der Waals surface area contributed by atoms with Gasteiger partial charge in [-0.05, 0) is 54.4 Å². The van der Waals surface area contributed by atoms with Crippen molar-refractivity contribution in [3.63, 3.8) is 0 Å². The highest BCUT2D eigenvalue weighted by Crippen LogP contribution is 2.09. The second kappa shape index (κ2) is 16.0. The molecule has 0 saturated heterocycles. The number of ether oxygens (including phenoxy) is 3. The third kappa shape index (κ3) is 18.5. The van der Waals surface area contributed by atoms with Crippen molar-refractivity contribution in [2.24, 2.45) is 4.99 Å². The highest BCUT2D eigenvalue weighted by atomic mass is 127. The molecule has 3 N–H and O–H groups in total. The molecule has 0 heterocycles. The van der Waals surface area contributed by atoms with Gasteiger partial charge in [-0.2, -0.15) is 0 Å². The van der Waals surface area contributed by atoms with Crippen LogP contribution < -0.4 is 16.0 Å². The largest absolute Gasteiger partial charge is 0.444 e. The minimum atomic E-state index is -0.521. The molecule has 0 aromatic heterocycles. The first kappa shape index (κ1) is 29.4. The summed E-state index contributed by atoms with van der Waals surface area (Å²) in [6.07, 6.45) is 1.52. The molecular formula is C19H41IN4O4. The Morgan fingerprint density at radius 2 is 1.68 bits per heavy atom. The van der Waals surface area contributed by atoms with E-state index in [1.54, 1.807) is 7.11 Å². The molecule has 0 fully saturated rings. The van der Waals surface area contributed by atoms with Crippen LogP contribution in [0.15, 0.2) is 4.99 Å². The van der Waals surface area contributed by atoms with Crippen LogP contribution in [0.4, 0.5) is 4.79 Å². The van der Waals surface area contributed by atoms with E-state index in [1.165, 1.54) is 0 Å². The lowest BCUT2D eigenvalue weighted by atomic mass is 10.1. The van der Waals surface area contributed by atoms with Gasteiger partial charge in [0, 0.05) is 26.8 Å². The molecule has 0 saturated carbocycles. The Morgan fingerprint density at radius 3 is 2.25 bits per heavy atom. The first-order valence-corrected chi connectivity index (χ1v) is 9.69. The van der Waals surface area contributed by atoms with E-state index in [2.05, 4.69) is 20.9 Å². The topological polar surface area (TPSA) is 93.2 Å². The minimum absolute atomic E-state index is 0. The number of methoxy groups -OCH3 is 1. The number of rotatable bonds is 12. The van der Waals surface area contributed by atoms with Crippen molar-refractivity contribution in [1.29, 1.82) is 0 Å². The SMILES string of the molecule is CCNC(=NCC(C)(C)NC(=O)OC(C)(C)C)NCCCCOCCOC.I. The smallest absolute Gasteiger partial charge is 0.408 e. The molecule has 0 aliphatic rings. The van der Waals surface area contributed by atoms with E-state index in [0.717, 1.165) is 38.5 Å². The van der Waals surface area contributed by atoms with Crippen LogP contribution in [-0.2, 0) is 14.2 Å². The van der Waals surface area contributed by atoms with Crippen molar-refractivity contribution in [1.82, 2.24) is 16.0 Å². The molecule has 0 aromatic carbocycles. The molecule has 0 aliphatic heterocycles. The Hall–Kier alpha value is -0.810. The van der Waals surface area contributed by atoms with E-state index in [9.17, 15) is 4.79 Å². The van der Waals surface area contributed by atoms with Crippen molar-refractivity contribution in [3.05, 3.63) is 0 Å². The predicted molar refractivity (Wildman–Crippen MR) is 125 cm³/mol. The molecular weight excluding hydrogens is 475 g/mol. The van der Waals surface area contributed by atoms with E-state index in [0.29, 0.717) is 19.8 Å². The third-order valence-electron chi connectivity index (χ3n) is 3.26. The van der Waals surface area contributed by atoms with Gasteiger partial charge in [0.1, 0.15) is 5.60 Å². The summed E-state index contributed by atoms with van der Waals surface area (Å²) in [7, 11) is 1.67. The van der Waals surface area contributed by atoms with Crippen LogP contribution >= 0.6 is 24.0 Å². The maximum absolute atomic E-state index is 12.0. The fourth-order valence-corrected chi connectivity index (χ4v) is 2.02. The van der Waals surface area contributed by atoms with Crippen molar-refractivity contribution in [2.75, 3.05) is 46.6 Å². The molecule has 0 radical (unpaired) electrons.